The zero-order valence-corrected chi connectivity index (χ0v) is 13.4. The lowest BCUT2D eigenvalue weighted by Crippen LogP contribution is -2.54. The second-order valence-corrected chi connectivity index (χ2v) is 6.53. The number of nitrogens with zero attached hydrogens (tertiary/aromatic N) is 2. The van der Waals surface area contributed by atoms with Crippen molar-refractivity contribution in [3.63, 3.8) is 0 Å². The summed E-state index contributed by atoms with van der Waals surface area (Å²) in [5.41, 5.74) is 0.988. The molecule has 4 nitrogen and oxygen atoms in total. The maximum Gasteiger partial charge on any atom is 0.115 e. The molecule has 2 N–H and O–H groups in total. The Hall–Kier alpha value is -1.10. The summed E-state index contributed by atoms with van der Waals surface area (Å²) in [6, 6.07) is 7.61. The van der Waals surface area contributed by atoms with Gasteiger partial charge in [-0.25, -0.2) is 0 Å². The molecule has 2 atom stereocenters. The van der Waals surface area contributed by atoms with Crippen LogP contribution in [0.1, 0.15) is 32.4 Å². The van der Waals surface area contributed by atoms with Gasteiger partial charge in [0.25, 0.3) is 0 Å². The minimum Gasteiger partial charge on any atom is -0.508 e. The van der Waals surface area contributed by atoms with E-state index in [4.69, 9.17) is 0 Å². The van der Waals surface area contributed by atoms with Gasteiger partial charge in [0.1, 0.15) is 5.75 Å². The Morgan fingerprint density at radius 3 is 2.62 bits per heavy atom. The van der Waals surface area contributed by atoms with E-state index < -0.39 is 0 Å². The highest BCUT2D eigenvalue weighted by Gasteiger charge is 2.30. The number of phenols is 1. The normalized spacial score (nSPS) is 22.6. The van der Waals surface area contributed by atoms with Crippen molar-refractivity contribution in [1.29, 1.82) is 0 Å². The Morgan fingerprint density at radius 2 is 2.05 bits per heavy atom. The van der Waals surface area contributed by atoms with Gasteiger partial charge >= 0.3 is 0 Å². The van der Waals surface area contributed by atoms with Crippen molar-refractivity contribution in [2.75, 3.05) is 32.8 Å². The van der Waals surface area contributed by atoms with Gasteiger partial charge in [-0.2, -0.15) is 0 Å². The Labute approximate surface area is 128 Å². The number of aliphatic hydroxyl groups excluding tert-OH is 1. The molecule has 0 saturated carbocycles. The molecule has 1 heterocycles. The minimum absolute atomic E-state index is 0.0340. The Kier molecular flexibility index (Phi) is 5.62. The first-order valence-electron chi connectivity index (χ1n) is 7.89. The van der Waals surface area contributed by atoms with Crippen molar-refractivity contribution in [2.45, 2.75) is 32.9 Å². The molecule has 1 aliphatic heterocycles. The molecule has 1 aromatic carbocycles. The number of piperazine rings is 1. The van der Waals surface area contributed by atoms with Crippen molar-refractivity contribution in [1.82, 2.24) is 9.80 Å². The molecule has 4 heteroatoms. The fraction of sp³-hybridized carbons (Fsp3) is 0.647. The van der Waals surface area contributed by atoms with E-state index in [9.17, 15) is 10.2 Å². The van der Waals surface area contributed by atoms with Crippen LogP contribution in [0.2, 0.25) is 0 Å². The van der Waals surface area contributed by atoms with E-state index in [1.54, 1.807) is 12.1 Å². The molecule has 1 aromatic rings. The molecular formula is C17H28N2O2. The number of hydrogen-bond acceptors (Lipinski definition) is 4. The van der Waals surface area contributed by atoms with Crippen molar-refractivity contribution in [2.24, 2.45) is 5.92 Å². The number of hydrogen-bond donors (Lipinski definition) is 2. The van der Waals surface area contributed by atoms with Crippen LogP contribution in [0.3, 0.4) is 0 Å². The zero-order chi connectivity index (χ0) is 15.4. The van der Waals surface area contributed by atoms with Crippen molar-refractivity contribution >= 4 is 0 Å². The number of aromatic hydroxyl groups is 1. The molecule has 2 rings (SSSR count). The highest BCUT2D eigenvalue weighted by molar-refractivity contribution is 5.29. The molecule has 21 heavy (non-hydrogen) atoms. The van der Waals surface area contributed by atoms with E-state index in [-0.39, 0.29) is 18.4 Å². The second kappa shape index (κ2) is 7.25. The molecule has 0 bridgehead atoms. The Bertz CT molecular complexity index is 450. The van der Waals surface area contributed by atoms with Crippen molar-refractivity contribution in [3.8, 4) is 5.75 Å². The summed E-state index contributed by atoms with van der Waals surface area (Å²) in [6.45, 7) is 11.0. The molecule has 2 unspecified atom stereocenters. The van der Waals surface area contributed by atoms with Crippen LogP contribution >= 0.6 is 0 Å². The quantitative estimate of drug-likeness (QED) is 0.872. The summed E-state index contributed by atoms with van der Waals surface area (Å²) >= 11 is 0. The SMILES string of the molecule is CC(C)CN1CCN(C(CO)c2cccc(O)c2)C(C)C1. The lowest BCUT2D eigenvalue weighted by Gasteiger charge is -2.44. The smallest absolute Gasteiger partial charge is 0.115 e. The highest BCUT2D eigenvalue weighted by atomic mass is 16.3. The summed E-state index contributed by atoms with van der Waals surface area (Å²) in [7, 11) is 0. The average molecular weight is 292 g/mol. The van der Waals surface area contributed by atoms with Crippen LogP contribution in [0, 0.1) is 5.92 Å². The Morgan fingerprint density at radius 1 is 1.29 bits per heavy atom. The molecule has 1 aliphatic rings. The van der Waals surface area contributed by atoms with Gasteiger partial charge in [-0.1, -0.05) is 26.0 Å². The van der Waals surface area contributed by atoms with Gasteiger partial charge in [0.05, 0.1) is 12.6 Å². The van der Waals surface area contributed by atoms with Crippen LogP contribution in [-0.4, -0.2) is 58.8 Å². The third kappa shape index (κ3) is 4.19. The van der Waals surface area contributed by atoms with Crippen molar-refractivity contribution in [3.05, 3.63) is 29.8 Å². The standard InChI is InChI=1S/C17H28N2O2/c1-13(2)10-18-7-8-19(14(3)11-18)17(12-20)15-5-4-6-16(21)9-15/h4-6,9,13-14,17,20-21H,7-8,10-12H2,1-3H3. The highest BCUT2D eigenvalue weighted by Crippen LogP contribution is 2.27. The molecule has 0 aromatic heterocycles. The molecule has 1 saturated heterocycles. The van der Waals surface area contributed by atoms with Gasteiger partial charge in [0, 0.05) is 32.2 Å². The molecule has 0 aliphatic carbocycles. The summed E-state index contributed by atoms with van der Waals surface area (Å²) in [6.07, 6.45) is 0. The summed E-state index contributed by atoms with van der Waals surface area (Å²) in [5, 5.41) is 19.5. The van der Waals surface area contributed by atoms with Crippen LogP contribution in [0.15, 0.2) is 24.3 Å². The predicted octanol–water partition coefficient (Wildman–Crippen LogP) is 2.09. The number of aliphatic hydroxyl groups is 1. The number of rotatable bonds is 5. The van der Waals surface area contributed by atoms with E-state index in [2.05, 4.69) is 30.6 Å². The second-order valence-electron chi connectivity index (χ2n) is 6.53. The summed E-state index contributed by atoms with van der Waals surface area (Å²) < 4.78 is 0. The Balaban J connectivity index is 2.06. The molecule has 0 radical (unpaired) electrons. The first kappa shape index (κ1) is 16.3. The maximum atomic E-state index is 9.81. The summed E-state index contributed by atoms with van der Waals surface area (Å²) in [4.78, 5) is 4.86. The first-order valence-corrected chi connectivity index (χ1v) is 7.89. The lowest BCUT2D eigenvalue weighted by atomic mass is 10.0. The van der Waals surface area contributed by atoms with Gasteiger partial charge in [0.15, 0.2) is 0 Å². The van der Waals surface area contributed by atoms with Crippen LogP contribution in [0.5, 0.6) is 5.75 Å². The monoisotopic (exact) mass is 292 g/mol. The lowest BCUT2D eigenvalue weighted by molar-refractivity contribution is 0.0214. The van der Waals surface area contributed by atoms with E-state index in [0.29, 0.717) is 12.0 Å². The van der Waals surface area contributed by atoms with E-state index in [1.807, 2.05) is 12.1 Å². The molecule has 0 amide bonds. The van der Waals surface area contributed by atoms with Crippen molar-refractivity contribution < 1.29 is 10.2 Å². The van der Waals surface area contributed by atoms with E-state index in [0.717, 1.165) is 31.7 Å². The van der Waals surface area contributed by atoms with E-state index >= 15 is 0 Å². The molecular weight excluding hydrogens is 264 g/mol. The van der Waals surface area contributed by atoms with Gasteiger partial charge in [-0.05, 0) is 30.5 Å². The van der Waals surface area contributed by atoms with Gasteiger partial charge in [0.2, 0.25) is 0 Å². The fourth-order valence-electron chi connectivity index (χ4n) is 3.33. The number of benzene rings is 1. The third-order valence-electron chi connectivity index (χ3n) is 4.21. The van der Waals surface area contributed by atoms with Gasteiger partial charge in [-0.3, -0.25) is 4.90 Å². The predicted molar refractivity (Wildman–Crippen MR) is 85.4 cm³/mol. The van der Waals surface area contributed by atoms with Crippen LogP contribution in [-0.2, 0) is 0 Å². The van der Waals surface area contributed by atoms with Crippen LogP contribution < -0.4 is 0 Å². The molecule has 0 spiro atoms. The topological polar surface area (TPSA) is 46.9 Å². The fourth-order valence-corrected chi connectivity index (χ4v) is 3.33. The van der Waals surface area contributed by atoms with Gasteiger partial charge in [-0.15, -0.1) is 0 Å². The van der Waals surface area contributed by atoms with Gasteiger partial charge < -0.3 is 15.1 Å². The average Bonchev–Trinajstić information content (AvgIpc) is 2.41. The third-order valence-corrected chi connectivity index (χ3v) is 4.21. The minimum atomic E-state index is -0.0340. The molecule has 118 valence electrons. The number of phenolic OH excluding ortho intramolecular Hbond substituents is 1. The van der Waals surface area contributed by atoms with Crippen LogP contribution in [0.4, 0.5) is 0 Å². The van der Waals surface area contributed by atoms with E-state index in [1.165, 1.54) is 0 Å². The largest absolute Gasteiger partial charge is 0.508 e. The maximum absolute atomic E-state index is 9.81. The first-order chi connectivity index (χ1) is 10.0. The van der Waals surface area contributed by atoms with Crippen LogP contribution in [0.25, 0.3) is 0 Å². The molecule has 1 fully saturated rings. The summed E-state index contributed by atoms with van der Waals surface area (Å²) in [5.74, 6) is 0.945. The zero-order valence-electron chi connectivity index (χ0n) is 13.4.